The highest BCUT2D eigenvalue weighted by Crippen LogP contribution is 2.33. The molecule has 10 heteroatoms. The lowest BCUT2D eigenvalue weighted by Gasteiger charge is -2.11. The second-order valence-electron chi connectivity index (χ2n) is 7.28. The van der Waals surface area contributed by atoms with Crippen molar-refractivity contribution in [1.29, 1.82) is 0 Å². The van der Waals surface area contributed by atoms with Gasteiger partial charge in [-0.15, -0.1) is 0 Å². The van der Waals surface area contributed by atoms with Crippen LogP contribution in [0.3, 0.4) is 0 Å². The molecule has 0 radical (unpaired) electrons. The quantitative estimate of drug-likeness (QED) is 0.438. The lowest BCUT2D eigenvalue weighted by molar-refractivity contribution is 0.0935. The van der Waals surface area contributed by atoms with Crippen LogP contribution in [-0.2, 0) is 0 Å². The number of carbonyl (C=O) groups is 2. The average molecular weight is 560 g/mol. The van der Waals surface area contributed by atoms with Gasteiger partial charge in [0, 0.05) is 21.0 Å². The molecule has 2 aliphatic carbocycles. The van der Waals surface area contributed by atoms with Gasteiger partial charge in [-0.3, -0.25) is 9.59 Å². The van der Waals surface area contributed by atoms with Gasteiger partial charge in [0.15, 0.2) is 0 Å². The highest BCUT2D eigenvalue weighted by molar-refractivity contribution is 9.10. The van der Waals surface area contributed by atoms with Gasteiger partial charge in [-0.25, -0.2) is 4.39 Å². The molecule has 4 N–H and O–H groups in total. The number of benzene rings is 2. The minimum absolute atomic E-state index is 0.0793. The van der Waals surface area contributed by atoms with Gasteiger partial charge in [0.25, 0.3) is 11.8 Å². The van der Waals surface area contributed by atoms with Crippen LogP contribution in [0.2, 0.25) is 0 Å². The number of rotatable bonds is 5. The molecule has 0 heterocycles. The third kappa shape index (κ3) is 6.33. The Balaban J connectivity index is 0.000000176. The van der Waals surface area contributed by atoms with Crippen molar-refractivity contribution in [3.05, 3.63) is 50.2 Å². The molecule has 2 saturated carbocycles. The highest BCUT2D eigenvalue weighted by atomic mass is 79.9. The first-order valence-corrected chi connectivity index (χ1v) is 11.1. The molecule has 0 bridgehead atoms. The van der Waals surface area contributed by atoms with Gasteiger partial charge >= 0.3 is 0 Å². The van der Waals surface area contributed by atoms with E-state index in [9.17, 15) is 24.2 Å². The summed E-state index contributed by atoms with van der Waals surface area (Å²) in [6.45, 7) is 0. The Morgan fingerprint density at radius 1 is 0.903 bits per heavy atom. The van der Waals surface area contributed by atoms with Gasteiger partial charge in [-0.1, -0.05) is 31.9 Å². The van der Waals surface area contributed by atoms with Crippen molar-refractivity contribution in [3.63, 3.8) is 0 Å². The van der Waals surface area contributed by atoms with Crippen molar-refractivity contribution in [3.8, 4) is 17.2 Å². The molecule has 0 aliphatic heterocycles. The normalized spacial score (nSPS) is 14.8. The Morgan fingerprint density at radius 2 is 1.35 bits per heavy atom. The van der Waals surface area contributed by atoms with Gasteiger partial charge in [-0.2, -0.15) is 0 Å². The van der Waals surface area contributed by atoms with Crippen LogP contribution >= 0.6 is 31.9 Å². The van der Waals surface area contributed by atoms with Crippen molar-refractivity contribution in [2.75, 3.05) is 7.11 Å². The van der Waals surface area contributed by atoms with Crippen LogP contribution in [0.1, 0.15) is 46.4 Å². The summed E-state index contributed by atoms with van der Waals surface area (Å²) in [5.41, 5.74) is -0.0947. The molecular formula is C21H21Br2FN2O5. The fraction of sp³-hybridized carbons (Fsp3) is 0.333. The largest absolute Gasteiger partial charge is 0.507 e. The molecule has 0 atom stereocenters. The number of nitrogens with one attached hydrogen (secondary N) is 2. The van der Waals surface area contributed by atoms with Crippen molar-refractivity contribution < 1.29 is 28.9 Å². The molecule has 2 aromatic carbocycles. The van der Waals surface area contributed by atoms with Crippen LogP contribution in [0.15, 0.2) is 33.2 Å². The number of phenols is 2. The minimum atomic E-state index is -0.722. The van der Waals surface area contributed by atoms with E-state index in [0.717, 1.165) is 31.7 Å². The minimum Gasteiger partial charge on any atom is -0.507 e. The lowest BCUT2D eigenvalue weighted by Crippen LogP contribution is -2.26. The fourth-order valence-corrected chi connectivity index (χ4v) is 3.56. The summed E-state index contributed by atoms with van der Waals surface area (Å²) < 4.78 is 19.5. The number of phenolic OH excluding ortho intramolecular Hbond substituents is 2. The number of halogens is 3. The number of hydrogen-bond donors (Lipinski definition) is 4. The first-order valence-electron chi connectivity index (χ1n) is 9.55. The number of hydrogen-bond acceptors (Lipinski definition) is 5. The monoisotopic (exact) mass is 558 g/mol. The summed E-state index contributed by atoms with van der Waals surface area (Å²) in [4.78, 5) is 23.4. The Kier molecular flexibility index (Phi) is 7.42. The standard InChI is InChI=1S/C11H12BrNO3.C10H9BrFNO2/c1-16-9-5-6(12)4-8(14)10(9)11(15)13-7-2-3-7;11-5-3-7(12)9(8(14)4-5)10(15)13-6-1-2-6/h4-5,7,14H,2-3H2,1H3,(H,13,15);3-4,6,14H,1-2H2,(H,13,15). The second kappa shape index (κ2) is 9.86. The lowest BCUT2D eigenvalue weighted by atomic mass is 10.1. The highest BCUT2D eigenvalue weighted by Gasteiger charge is 2.28. The Labute approximate surface area is 195 Å². The molecule has 2 aliphatic rings. The zero-order chi connectivity index (χ0) is 22.7. The van der Waals surface area contributed by atoms with Crippen LogP contribution in [0.5, 0.6) is 17.2 Å². The van der Waals surface area contributed by atoms with E-state index in [1.54, 1.807) is 6.07 Å². The summed E-state index contributed by atoms with van der Waals surface area (Å²) in [6, 6.07) is 5.97. The Bertz CT molecular complexity index is 986. The van der Waals surface area contributed by atoms with Gasteiger partial charge in [0.2, 0.25) is 0 Å². The first kappa shape index (κ1) is 23.3. The van der Waals surface area contributed by atoms with Gasteiger partial charge in [0.05, 0.1) is 7.11 Å². The predicted molar refractivity (Wildman–Crippen MR) is 119 cm³/mol. The summed E-state index contributed by atoms with van der Waals surface area (Å²) in [6.07, 6.45) is 3.85. The maximum atomic E-state index is 13.4. The zero-order valence-electron chi connectivity index (χ0n) is 16.5. The van der Waals surface area contributed by atoms with Crippen LogP contribution in [0.25, 0.3) is 0 Å². The van der Waals surface area contributed by atoms with E-state index in [4.69, 9.17) is 4.74 Å². The van der Waals surface area contributed by atoms with Crippen LogP contribution in [0, 0.1) is 5.82 Å². The van der Waals surface area contributed by atoms with Crippen molar-refractivity contribution in [2.45, 2.75) is 37.8 Å². The summed E-state index contributed by atoms with van der Waals surface area (Å²) in [7, 11) is 1.47. The van der Waals surface area contributed by atoms with Gasteiger partial charge < -0.3 is 25.6 Å². The van der Waals surface area contributed by atoms with Crippen LogP contribution in [0.4, 0.5) is 4.39 Å². The predicted octanol–water partition coefficient (Wildman–Crippen LogP) is 4.24. The van der Waals surface area contributed by atoms with E-state index < -0.39 is 11.7 Å². The molecule has 0 spiro atoms. The van der Waals surface area contributed by atoms with Gasteiger partial charge in [0.1, 0.15) is 34.2 Å². The molecule has 31 heavy (non-hydrogen) atoms. The second-order valence-corrected chi connectivity index (χ2v) is 9.11. The molecule has 2 aromatic rings. The smallest absolute Gasteiger partial charge is 0.259 e. The zero-order valence-corrected chi connectivity index (χ0v) is 19.7. The van der Waals surface area contributed by atoms with Crippen molar-refractivity contribution >= 4 is 43.7 Å². The molecule has 0 aromatic heterocycles. The van der Waals surface area contributed by atoms with E-state index in [-0.39, 0.29) is 40.6 Å². The third-order valence-corrected chi connectivity index (χ3v) is 5.50. The number of ether oxygens (including phenoxy) is 1. The number of aromatic hydroxyl groups is 2. The van der Waals surface area contributed by atoms with Crippen LogP contribution < -0.4 is 15.4 Å². The van der Waals surface area contributed by atoms with E-state index in [2.05, 4.69) is 42.5 Å². The number of carbonyl (C=O) groups excluding carboxylic acids is 2. The first-order chi connectivity index (χ1) is 14.7. The van der Waals surface area contributed by atoms with Crippen LogP contribution in [-0.4, -0.2) is 41.2 Å². The SMILES string of the molecule is COc1cc(Br)cc(O)c1C(=O)NC1CC1.O=C(NC1CC1)c1c(O)cc(Br)cc1F. The Morgan fingerprint density at radius 3 is 1.81 bits per heavy atom. The molecule has 2 amide bonds. The van der Waals surface area contributed by atoms with E-state index in [0.29, 0.717) is 14.7 Å². The average Bonchev–Trinajstić information content (AvgIpc) is 3.57. The Hall–Kier alpha value is -2.33. The summed E-state index contributed by atoms with van der Waals surface area (Å²) in [5.74, 6) is -1.63. The topological polar surface area (TPSA) is 108 Å². The number of amides is 2. The van der Waals surface area contributed by atoms with E-state index in [1.165, 1.54) is 19.2 Å². The molecule has 2 fully saturated rings. The van der Waals surface area contributed by atoms with E-state index >= 15 is 0 Å². The molecule has 4 rings (SSSR count). The third-order valence-electron chi connectivity index (χ3n) is 4.58. The molecule has 7 nitrogen and oxygen atoms in total. The molecule has 166 valence electrons. The maximum Gasteiger partial charge on any atom is 0.259 e. The molecule has 0 unspecified atom stereocenters. The summed E-state index contributed by atoms with van der Waals surface area (Å²) in [5, 5.41) is 24.6. The van der Waals surface area contributed by atoms with Gasteiger partial charge in [-0.05, 0) is 49.9 Å². The van der Waals surface area contributed by atoms with Crippen molar-refractivity contribution in [1.82, 2.24) is 10.6 Å². The van der Waals surface area contributed by atoms with Crippen molar-refractivity contribution in [2.24, 2.45) is 0 Å². The fourth-order valence-electron chi connectivity index (χ4n) is 2.71. The maximum absolute atomic E-state index is 13.4. The molecular weight excluding hydrogens is 539 g/mol. The summed E-state index contributed by atoms with van der Waals surface area (Å²) >= 11 is 6.26. The molecule has 0 saturated heterocycles. The van der Waals surface area contributed by atoms with E-state index in [1.807, 2.05) is 0 Å². The number of methoxy groups -OCH3 is 1.